The molecule has 0 atom stereocenters. The van der Waals surface area contributed by atoms with E-state index in [0.29, 0.717) is 11.2 Å². The summed E-state index contributed by atoms with van der Waals surface area (Å²) in [5, 5.41) is 9.71. The van der Waals surface area contributed by atoms with E-state index in [1.54, 1.807) is 18.5 Å². The first-order valence-electron chi connectivity index (χ1n) is 7.79. The molecule has 0 bridgehead atoms. The number of pyridine rings is 1. The van der Waals surface area contributed by atoms with Crippen LogP contribution in [0, 0.1) is 11.3 Å². The second kappa shape index (κ2) is 6.67. The highest BCUT2D eigenvalue weighted by molar-refractivity contribution is 7.90. The van der Waals surface area contributed by atoms with Crippen molar-refractivity contribution in [1.29, 1.82) is 5.26 Å². The molecule has 0 saturated heterocycles. The molecule has 0 amide bonds. The highest BCUT2D eigenvalue weighted by atomic mass is 32.2. The Labute approximate surface area is 147 Å². The van der Waals surface area contributed by atoms with Gasteiger partial charge in [-0.1, -0.05) is 0 Å². The summed E-state index contributed by atoms with van der Waals surface area (Å²) in [5.41, 5.74) is 1.77. The van der Waals surface area contributed by atoms with E-state index < -0.39 is 10.0 Å². The Bertz CT molecular complexity index is 1040. The number of fused-ring (bicyclic) bond motifs is 1. The molecule has 6 nitrogen and oxygen atoms in total. The fourth-order valence-corrected chi connectivity index (χ4v) is 3.98. The van der Waals surface area contributed by atoms with Crippen molar-refractivity contribution in [2.75, 3.05) is 20.6 Å². The lowest BCUT2D eigenvalue weighted by Crippen LogP contribution is -2.15. The first-order chi connectivity index (χ1) is 11.9. The number of hydrogen-bond acceptors (Lipinski definition) is 5. The van der Waals surface area contributed by atoms with E-state index in [4.69, 9.17) is 5.26 Å². The van der Waals surface area contributed by atoms with E-state index in [1.165, 1.54) is 28.2 Å². The van der Waals surface area contributed by atoms with E-state index >= 15 is 0 Å². The van der Waals surface area contributed by atoms with Gasteiger partial charge in [-0.05, 0) is 62.5 Å². The minimum Gasteiger partial charge on any atom is -0.309 e. The van der Waals surface area contributed by atoms with E-state index in [0.717, 1.165) is 23.9 Å². The molecule has 0 aliphatic carbocycles. The van der Waals surface area contributed by atoms with Gasteiger partial charge in [0.1, 0.15) is 0 Å². The van der Waals surface area contributed by atoms with Crippen LogP contribution in [0.2, 0.25) is 0 Å². The largest absolute Gasteiger partial charge is 0.309 e. The maximum atomic E-state index is 13.0. The number of nitriles is 1. The summed E-state index contributed by atoms with van der Waals surface area (Å²) in [6.45, 7) is 0.810. The molecule has 0 aliphatic rings. The summed E-state index contributed by atoms with van der Waals surface area (Å²) >= 11 is 0. The number of hydrogen-bond donors (Lipinski definition) is 0. The highest BCUT2D eigenvalue weighted by Crippen LogP contribution is 2.25. The summed E-state index contributed by atoms with van der Waals surface area (Å²) < 4.78 is 27.3. The molecule has 2 aromatic heterocycles. The Morgan fingerprint density at radius 2 is 1.92 bits per heavy atom. The minimum atomic E-state index is -3.78. The zero-order chi connectivity index (χ0) is 18.0. The summed E-state index contributed by atoms with van der Waals surface area (Å²) in [5.74, 6) is 0. The zero-order valence-corrected chi connectivity index (χ0v) is 14.9. The van der Waals surface area contributed by atoms with Crippen molar-refractivity contribution < 1.29 is 8.42 Å². The van der Waals surface area contributed by atoms with E-state index in [1.807, 2.05) is 26.2 Å². The number of benzene rings is 1. The predicted molar refractivity (Wildman–Crippen MR) is 95.7 cm³/mol. The number of aromatic nitrogens is 2. The fraction of sp³-hybridized carbons (Fsp3) is 0.222. The third-order valence-electron chi connectivity index (χ3n) is 3.98. The maximum Gasteiger partial charge on any atom is 0.269 e. The lowest BCUT2D eigenvalue weighted by molar-refractivity contribution is 0.414. The standard InChI is InChI=1S/C18H18N4O2S/c1-21(2)11-9-15-13-22(18-17(15)4-3-10-20-18)25(23,24)16-7-5-14(12-19)6-8-16/h3-8,10,13H,9,11H2,1-2H3. The molecule has 128 valence electrons. The Kier molecular flexibility index (Phi) is 4.57. The summed E-state index contributed by atoms with van der Waals surface area (Å²) in [4.78, 5) is 6.46. The normalized spacial score (nSPS) is 11.8. The van der Waals surface area contributed by atoms with E-state index in [2.05, 4.69) is 9.88 Å². The molecular formula is C18H18N4O2S. The smallest absolute Gasteiger partial charge is 0.269 e. The average Bonchev–Trinajstić information content (AvgIpc) is 2.99. The van der Waals surface area contributed by atoms with Gasteiger partial charge in [-0.25, -0.2) is 17.4 Å². The Morgan fingerprint density at radius 1 is 1.20 bits per heavy atom. The lowest BCUT2D eigenvalue weighted by Gasteiger charge is -2.08. The molecule has 0 aliphatic heterocycles. The third kappa shape index (κ3) is 3.27. The quantitative estimate of drug-likeness (QED) is 0.702. The van der Waals surface area contributed by atoms with E-state index in [-0.39, 0.29) is 4.90 Å². The summed E-state index contributed by atoms with van der Waals surface area (Å²) in [6, 6.07) is 11.6. The van der Waals surface area contributed by atoms with Gasteiger partial charge in [-0.2, -0.15) is 5.26 Å². The first kappa shape index (κ1) is 17.1. The Balaban J connectivity index is 2.12. The van der Waals surface area contributed by atoms with Crippen LogP contribution in [0.25, 0.3) is 11.0 Å². The summed E-state index contributed by atoms with van der Waals surface area (Å²) in [7, 11) is 0.177. The van der Waals surface area contributed by atoms with Gasteiger partial charge in [0.2, 0.25) is 0 Å². The molecule has 7 heteroatoms. The van der Waals surface area contributed by atoms with Crippen molar-refractivity contribution in [3.8, 4) is 6.07 Å². The van der Waals surface area contributed by atoms with Gasteiger partial charge in [0, 0.05) is 24.3 Å². The molecule has 1 aromatic carbocycles. The van der Waals surface area contributed by atoms with Gasteiger partial charge in [0.15, 0.2) is 5.65 Å². The Hall–Kier alpha value is -2.69. The van der Waals surface area contributed by atoms with Crippen molar-refractivity contribution in [3.63, 3.8) is 0 Å². The second-order valence-corrected chi connectivity index (χ2v) is 7.83. The minimum absolute atomic E-state index is 0.133. The van der Waals surface area contributed by atoms with Crippen LogP contribution in [0.4, 0.5) is 0 Å². The average molecular weight is 354 g/mol. The molecule has 3 aromatic rings. The lowest BCUT2D eigenvalue weighted by atomic mass is 10.1. The zero-order valence-electron chi connectivity index (χ0n) is 14.0. The molecule has 0 fully saturated rings. The molecule has 0 unspecified atom stereocenters. The van der Waals surface area contributed by atoms with Crippen molar-refractivity contribution in [2.24, 2.45) is 0 Å². The molecule has 0 saturated carbocycles. The second-order valence-electron chi connectivity index (χ2n) is 6.02. The Morgan fingerprint density at radius 3 is 2.56 bits per heavy atom. The van der Waals surface area contributed by atoms with Crippen LogP contribution in [-0.2, 0) is 16.4 Å². The molecule has 0 N–H and O–H groups in total. The number of rotatable bonds is 5. The van der Waals surface area contributed by atoms with Crippen LogP contribution >= 0.6 is 0 Å². The topological polar surface area (TPSA) is 79.0 Å². The van der Waals surface area contributed by atoms with Gasteiger partial charge in [-0.3, -0.25) is 0 Å². The first-order valence-corrected chi connectivity index (χ1v) is 9.23. The van der Waals surface area contributed by atoms with Crippen LogP contribution in [0.5, 0.6) is 0 Å². The molecule has 2 heterocycles. The van der Waals surface area contributed by atoms with Crippen LogP contribution in [-0.4, -0.2) is 42.9 Å². The van der Waals surface area contributed by atoms with Crippen molar-refractivity contribution in [1.82, 2.24) is 13.9 Å². The van der Waals surface area contributed by atoms with Gasteiger partial charge in [0.05, 0.1) is 16.5 Å². The molecule has 0 spiro atoms. The molecule has 25 heavy (non-hydrogen) atoms. The molecule has 0 radical (unpaired) electrons. The van der Waals surface area contributed by atoms with Gasteiger partial charge >= 0.3 is 0 Å². The SMILES string of the molecule is CN(C)CCc1cn(S(=O)(=O)c2ccc(C#N)cc2)c2ncccc12. The fourth-order valence-electron chi connectivity index (χ4n) is 2.64. The third-order valence-corrected chi connectivity index (χ3v) is 5.65. The van der Waals surface area contributed by atoms with Crippen LogP contribution in [0.3, 0.4) is 0 Å². The van der Waals surface area contributed by atoms with Gasteiger partial charge < -0.3 is 4.90 Å². The predicted octanol–water partition coefficient (Wildman–Crippen LogP) is 2.25. The monoisotopic (exact) mass is 354 g/mol. The van der Waals surface area contributed by atoms with Crippen LogP contribution in [0.15, 0.2) is 53.7 Å². The molecular weight excluding hydrogens is 336 g/mol. The van der Waals surface area contributed by atoms with E-state index in [9.17, 15) is 8.42 Å². The van der Waals surface area contributed by atoms with Crippen molar-refractivity contribution in [2.45, 2.75) is 11.3 Å². The number of likely N-dealkylation sites (N-methyl/N-ethyl adjacent to an activating group) is 1. The van der Waals surface area contributed by atoms with Crippen LogP contribution in [0.1, 0.15) is 11.1 Å². The van der Waals surface area contributed by atoms with Gasteiger partial charge in [-0.15, -0.1) is 0 Å². The molecule has 3 rings (SSSR count). The number of nitrogens with zero attached hydrogens (tertiary/aromatic N) is 4. The highest BCUT2D eigenvalue weighted by Gasteiger charge is 2.22. The van der Waals surface area contributed by atoms with Crippen LogP contribution < -0.4 is 0 Å². The van der Waals surface area contributed by atoms with Crippen molar-refractivity contribution >= 4 is 21.1 Å². The van der Waals surface area contributed by atoms with Gasteiger partial charge in [0.25, 0.3) is 10.0 Å². The maximum absolute atomic E-state index is 13.0. The summed E-state index contributed by atoms with van der Waals surface area (Å²) in [6.07, 6.45) is 3.96. The van der Waals surface area contributed by atoms with Crippen molar-refractivity contribution in [3.05, 3.63) is 59.9 Å².